The topological polar surface area (TPSA) is 12.0 Å². The minimum absolute atomic E-state index is 0.707. The molecule has 0 atom stereocenters. The highest BCUT2D eigenvalue weighted by Crippen LogP contribution is 2.35. The Morgan fingerprint density at radius 2 is 1.83 bits per heavy atom. The van der Waals surface area contributed by atoms with Gasteiger partial charge in [-0.25, -0.2) is 0 Å². The summed E-state index contributed by atoms with van der Waals surface area (Å²) in [7, 11) is 0. The molecular formula is C17H27N. The monoisotopic (exact) mass is 245 g/mol. The molecule has 100 valence electrons. The van der Waals surface area contributed by atoms with E-state index in [0.29, 0.717) is 6.04 Å². The van der Waals surface area contributed by atoms with Gasteiger partial charge in [0.15, 0.2) is 0 Å². The van der Waals surface area contributed by atoms with Crippen LogP contribution in [0.4, 0.5) is 5.69 Å². The summed E-state index contributed by atoms with van der Waals surface area (Å²) in [5.41, 5.74) is 2.76. The molecule has 1 heteroatoms. The number of anilines is 1. The van der Waals surface area contributed by atoms with Crippen molar-refractivity contribution in [2.75, 3.05) is 5.32 Å². The van der Waals surface area contributed by atoms with Gasteiger partial charge in [-0.2, -0.15) is 0 Å². The molecule has 1 fully saturated rings. The van der Waals surface area contributed by atoms with Crippen LogP contribution in [0.5, 0.6) is 0 Å². The Kier molecular flexibility index (Phi) is 4.68. The molecule has 0 unspecified atom stereocenters. The fourth-order valence-corrected chi connectivity index (χ4v) is 2.71. The quantitative estimate of drug-likeness (QED) is 0.753. The molecule has 0 spiro atoms. The molecule has 0 amide bonds. The van der Waals surface area contributed by atoms with Gasteiger partial charge in [-0.1, -0.05) is 39.3 Å². The third-order valence-corrected chi connectivity index (χ3v) is 4.26. The van der Waals surface area contributed by atoms with E-state index in [4.69, 9.17) is 0 Å². The number of rotatable bonds is 6. The Labute approximate surface area is 112 Å². The maximum Gasteiger partial charge on any atom is 0.0342 e. The molecule has 18 heavy (non-hydrogen) atoms. The van der Waals surface area contributed by atoms with E-state index < -0.39 is 0 Å². The smallest absolute Gasteiger partial charge is 0.0342 e. The predicted octanol–water partition coefficient (Wildman–Crippen LogP) is 4.88. The first kappa shape index (κ1) is 13.5. The van der Waals surface area contributed by atoms with Crippen LogP contribution in [0.15, 0.2) is 24.3 Å². The summed E-state index contributed by atoms with van der Waals surface area (Å²) in [5.74, 6) is 1.78. The highest BCUT2D eigenvalue weighted by molar-refractivity contribution is 5.46. The zero-order valence-corrected chi connectivity index (χ0v) is 12.1. The van der Waals surface area contributed by atoms with Gasteiger partial charge in [-0.05, 0) is 55.2 Å². The number of aryl methyl sites for hydroxylation is 1. The van der Waals surface area contributed by atoms with Crippen molar-refractivity contribution in [1.29, 1.82) is 0 Å². The van der Waals surface area contributed by atoms with Crippen molar-refractivity contribution < 1.29 is 0 Å². The van der Waals surface area contributed by atoms with E-state index in [0.717, 1.165) is 11.8 Å². The van der Waals surface area contributed by atoms with Gasteiger partial charge in [-0.3, -0.25) is 0 Å². The second-order valence-electron chi connectivity index (χ2n) is 6.12. The van der Waals surface area contributed by atoms with Crippen molar-refractivity contribution in [3.05, 3.63) is 29.8 Å². The molecule has 0 bridgehead atoms. The number of benzene rings is 1. The van der Waals surface area contributed by atoms with E-state index >= 15 is 0 Å². The normalized spacial score (nSPS) is 22.9. The lowest BCUT2D eigenvalue weighted by atomic mass is 9.73. The fourth-order valence-electron chi connectivity index (χ4n) is 2.71. The maximum atomic E-state index is 3.65. The Morgan fingerprint density at radius 3 is 2.39 bits per heavy atom. The lowest BCUT2D eigenvalue weighted by Gasteiger charge is -2.39. The summed E-state index contributed by atoms with van der Waals surface area (Å²) in [6.07, 6.45) is 6.48. The van der Waals surface area contributed by atoms with Crippen molar-refractivity contribution >= 4 is 5.69 Å². The Morgan fingerprint density at radius 1 is 1.17 bits per heavy atom. The molecule has 0 aromatic heterocycles. The molecule has 1 aliphatic rings. The molecule has 1 N–H and O–H groups in total. The highest BCUT2D eigenvalue weighted by atomic mass is 14.9. The van der Waals surface area contributed by atoms with Crippen molar-refractivity contribution in [2.45, 2.75) is 58.9 Å². The van der Waals surface area contributed by atoms with Crippen molar-refractivity contribution in [2.24, 2.45) is 11.8 Å². The Balaban J connectivity index is 1.77. The molecule has 0 saturated heterocycles. The van der Waals surface area contributed by atoms with Gasteiger partial charge >= 0.3 is 0 Å². The number of unbranched alkanes of at least 4 members (excludes halogenated alkanes) is 1. The maximum absolute atomic E-state index is 3.65. The van der Waals surface area contributed by atoms with E-state index in [1.165, 1.54) is 43.4 Å². The minimum Gasteiger partial charge on any atom is -0.382 e. The highest BCUT2D eigenvalue weighted by Gasteiger charge is 2.30. The molecule has 1 saturated carbocycles. The van der Waals surface area contributed by atoms with Gasteiger partial charge in [-0.15, -0.1) is 0 Å². The Hall–Kier alpha value is -0.980. The first-order chi connectivity index (χ1) is 8.69. The zero-order valence-electron chi connectivity index (χ0n) is 12.1. The van der Waals surface area contributed by atoms with E-state index in [-0.39, 0.29) is 0 Å². The summed E-state index contributed by atoms with van der Waals surface area (Å²) < 4.78 is 0. The van der Waals surface area contributed by atoms with Crippen molar-refractivity contribution in [3.63, 3.8) is 0 Å². The zero-order chi connectivity index (χ0) is 13.0. The molecule has 0 heterocycles. The van der Waals surface area contributed by atoms with Gasteiger partial charge < -0.3 is 5.32 Å². The van der Waals surface area contributed by atoms with Crippen LogP contribution in [0.2, 0.25) is 0 Å². The van der Waals surface area contributed by atoms with Crippen LogP contribution >= 0.6 is 0 Å². The summed E-state index contributed by atoms with van der Waals surface area (Å²) in [4.78, 5) is 0. The van der Waals surface area contributed by atoms with Crippen LogP contribution < -0.4 is 5.32 Å². The molecule has 1 aliphatic carbocycles. The first-order valence-electron chi connectivity index (χ1n) is 7.54. The summed E-state index contributed by atoms with van der Waals surface area (Å²) in [5, 5.41) is 3.65. The van der Waals surface area contributed by atoms with Crippen LogP contribution in [0.25, 0.3) is 0 Å². The summed E-state index contributed by atoms with van der Waals surface area (Å²) in [6, 6.07) is 9.74. The lowest BCUT2D eigenvalue weighted by molar-refractivity contribution is 0.212. The van der Waals surface area contributed by atoms with Crippen LogP contribution in [0.3, 0.4) is 0 Å². The Bertz CT molecular complexity index is 346. The fraction of sp³-hybridized carbons (Fsp3) is 0.647. The lowest BCUT2D eigenvalue weighted by Crippen LogP contribution is -2.37. The van der Waals surface area contributed by atoms with E-state index in [2.05, 4.69) is 50.4 Å². The second kappa shape index (κ2) is 6.26. The third-order valence-electron chi connectivity index (χ3n) is 4.26. The molecule has 1 aromatic carbocycles. The van der Waals surface area contributed by atoms with Gasteiger partial charge in [0, 0.05) is 11.7 Å². The molecule has 1 nitrogen and oxygen atoms in total. The van der Waals surface area contributed by atoms with Gasteiger partial charge in [0.05, 0.1) is 0 Å². The predicted molar refractivity (Wildman–Crippen MR) is 80.0 cm³/mol. The average Bonchev–Trinajstić information content (AvgIpc) is 2.31. The standard InChI is InChI=1S/C17H27N/c1-4-5-6-14-7-9-16(10-8-14)18-17-11-15(12-17)13(2)3/h7-10,13,15,17-18H,4-6,11-12H2,1-3H3. The van der Waals surface area contributed by atoms with E-state index in [1.54, 1.807) is 0 Å². The molecular weight excluding hydrogens is 218 g/mol. The minimum atomic E-state index is 0.707. The van der Waals surface area contributed by atoms with E-state index in [1.807, 2.05) is 0 Å². The molecule has 1 aromatic rings. The molecule has 0 radical (unpaired) electrons. The number of hydrogen-bond acceptors (Lipinski definition) is 1. The third kappa shape index (κ3) is 3.51. The molecule has 2 rings (SSSR count). The average molecular weight is 245 g/mol. The van der Waals surface area contributed by atoms with Crippen LogP contribution in [0.1, 0.15) is 52.0 Å². The summed E-state index contributed by atoms with van der Waals surface area (Å²) in [6.45, 7) is 6.92. The second-order valence-corrected chi connectivity index (χ2v) is 6.12. The van der Waals surface area contributed by atoms with Gasteiger partial charge in [0.2, 0.25) is 0 Å². The van der Waals surface area contributed by atoms with Gasteiger partial charge in [0.25, 0.3) is 0 Å². The number of nitrogens with one attached hydrogen (secondary N) is 1. The summed E-state index contributed by atoms with van der Waals surface area (Å²) >= 11 is 0. The van der Waals surface area contributed by atoms with Crippen molar-refractivity contribution in [1.82, 2.24) is 0 Å². The first-order valence-corrected chi connectivity index (χ1v) is 7.54. The number of hydrogen-bond donors (Lipinski definition) is 1. The van der Waals surface area contributed by atoms with Gasteiger partial charge in [0.1, 0.15) is 0 Å². The van der Waals surface area contributed by atoms with E-state index in [9.17, 15) is 0 Å². The van der Waals surface area contributed by atoms with Crippen LogP contribution in [0, 0.1) is 11.8 Å². The van der Waals surface area contributed by atoms with Crippen LogP contribution in [-0.2, 0) is 6.42 Å². The van der Waals surface area contributed by atoms with Crippen molar-refractivity contribution in [3.8, 4) is 0 Å². The largest absolute Gasteiger partial charge is 0.382 e. The van der Waals surface area contributed by atoms with Crippen LogP contribution in [-0.4, -0.2) is 6.04 Å². The molecule has 0 aliphatic heterocycles. The SMILES string of the molecule is CCCCc1ccc(NC2CC(C(C)C)C2)cc1.